The van der Waals surface area contributed by atoms with E-state index in [1.54, 1.807) is 13.0 Å². The van der Waals surface area contributed by atoms with Gasteiger partial charge in [-0.05, 0) is 37.3 Å². The first-order chi connectivity index (χ1) is 11.2. The summed E-state index contributed by atoms with van der Waals surface area (Å²) in [7, 11) is 0. The third-order valence-electron chi connectivity index (χ3n) is 3.02. The van der Waals surface area contributed by atoms with Gasteiger partial charge < -0.3 is 5.32 Å². The third-order valence-corrected chi connectivity index (χ3v) is 3.02. The van der Waals surface area contributed by atoms with Gasteiger partial charge >= 0.3 is 12.2 Å². The summed E-state index contributed by atoms with van der Waals surface area (Å²) in [5, 5.41) is 4.16. The lowest BCUT2D eigenvalue weighted by Gasteiger charge is -2.10. The van der Waals surface area contributed by atoms with E-state index in [-0.39, 0.29) is 6.07 Å². The van der Waals surface area contributed by atoms with E-state index in [0.717, 1.165) is 0 Å². The fourth-order valence-corrected chi connectivity index (χ4v) is 1.82. The maximum atomic E-state index is 13.7. The number of carbonyl (C=O) groups excluding carboxylic acids is 2. The molecule has 0 saturated heterocycles. The Morgan fingerprint density at radius 2 is 1.88 bits per heavy atom. The highest BCUT2D eigenvalue weighted by atomic mass is 19.4. The number of hydrogen-bond acceptors (Lipinski definition) is 3. The summed E-state index contributed by atoms with van der Waals surface area (Å²) in [4.78, 5) is 27.4. The Kier molecular flexibility index (Phi) is 4.82. The normalized spacial score (nSPS) is 11.0. The number of alkyl halides is 3. The molecule has 3 amide bonds. The first-order valence-electron chi connectivity index (χ1n) is 6.59. The minimum Gasteiger partial charge on any atom is -0.306 e. The number of aromatic nitrogens is 1. The Morgan fingerprint density at radius 1 is 1.17 bits per heavy atom. The molecule has 0 bridgehead atoms. The molecule has 0 radical (unpaired) electrons. The molecule has 0 aliphatic heterocycles. The molecular weight excluding hydrogens is 330 g/mol. The standard InChI is InChI=1S/C15H11F4N3O2/c1-8-12(3-2-6-20-8)21-14(24)22-13(23)10-5-4-9(7-11(10)16)15(17,18)19/h2-7H,1H3,(H2,21,22,23,24). The van der Waals surface area contributed by atoms with E-state index in [1.165, 1.54) is 12.3 Å². The van der Waals surface area contributed by atoms with Crippen LogP contribution in [-0.4, -0.2) is 16.9 Å². The Balaban J connectivity index is 2.10. The van der Waals surface area contributed by atoms with Gasteiger partial charge in [-0.3, -0.25) is 15.1 Å². The highest BCUT2D eigenvalue weighted by Crippen LogP contribution is 2.30. The zero-order valence-corrected chi connectivity index (χ0v) is 12.2. The van der Waals surface area contributed by atoms with E-state index in [9.17, 15) is 27.2 Å². The maximum Gasteiger partial charge on any atom is 0.416 e. The van der Waals surface area contributed by atoms with Crippen LogP contribution in [0.15, 0.2) is 36.5 Å². The number of aryl methyl sites for hydroxylation is 1. The van der Waals surface area contributed by atoms with Crippen molar-refractivity contribution in [2.75, 3.05) is 5.32 Å². The predicted molar refractivity (Wildman–Crippen MR) is 76.9 cm³/mol. The zero-order chi connectivity index (χ0) is 17.9. The van der Waals surface area contributed by atoms with E-state index in [0.29, 0.717) is 23.5 Å². The fraction of sp³-hybridized carbons (Fsp3) is 0.133. The van der Waals surface area contributed by atoms with Crippen LogP contribution in [0.25, 0.3) is 0 Å². The molecule has 1 aromatic carbocycles. The van der Waals surface area contributed by atoms with Crippen LogP contribution in [0.5, 0.6) is 0 Å². The largest absolute Gasteiger partial charge is 0.416 e. The van der Waals surface area contributed by atoms with Crippen molar-refractivity contribution in [1.29, 1.82) is 0 Å². The van der Waals surface area contributed by atoms with Gasteiger partial charge in [-0.15, -0.1) is 0 Å². The minimum absolute atomic E-state index is 0.193. The van der Waals surface area contributed by atoms with E-state index >= 15 is 0 Å². The van der Waals surface area contributed by atoms with Gasteiger partial charge in [0.2, 0.25) is 0 Å². The molecule has 5 nitrogen and oxygen atoms in total. The number of pyridine rings is 1. The van der Waals surface area contributed by atoms with Crippen LogP contribution in [0.2, 0.25) is 0 Å². The van der Waals surface area contributed by atoms with Crippen molar-refractivity contribution in [2.45, 2.75) is 13.1 Å². The predicted octanol–water partition coefficient (Wildman–Crippen LogP) is 3.51. The van der Waals surface area contributed by atoms with Crippen molar-refractivity contribution < 1.29 is 27.2 Å². The lowest BCUT2D eigenvalue weighted by atomic mass is 10.1. The molecule has 9 heteroatoms. The Labute approximate surface area is 133 Å². The van der Waals surface area contributed by atoms with Crippen LogP contribution in [0.4, 0.5) is 28.0 Å². The lowest BCUT2D eigenvalue weighted by Crippen LogP contribution is -2.35. The van der Waals surface area contributed by atoms with Crippen LogP contribution in [0.1, 0.15) is 21.6 Å². The van der Waals surface area contributed by atoms with Crippen molar-refractivity contribution in [1.82, 2.24) is 10.3 Å². The Bertz CT molecular complexity index is 791. The summed E-state index contributed by atoms with van der Waals surface area (Å²) in [5.74, 6) is -2.55. The number of amides is 3. The third kappa shape index (κ3) is 4.06. The molecule has 0 unspecified atom stereocenters. The highest BCUT2D eigenvalue weighted by Gasteiger charge is 2.31. The molecule has 0 aliphatic rings. The SMILES string of the molecule is Cc1ncccc1NC(=O)NC(=O)c1ccc(C(F)(F)F)cc1F. The van der Waals surface area contributed by atoms with Gasteiger partial charge in [0, 0.05) is 6.20 Å². The number of imide groups is 1. The van der Waals surface area contributed by atoms with E-state index in [4.69, 9.17) is 0 Å². The number of nitrogens with zero attached hydrogens (tertiary/aromatic N) is 1. The molecule has 0 atom stereocenters. The average molecular weight is 341 g/mol. The van der Waals surface area contributed by atoms with Crippen LogP contribution < -0.4 is 10.6 Å². The molecular formula is C15H11F4N3O2. The van der Waals surface area contributed by atoms with Crippen LogP contribution in [0.3, 0.4) is 0 Å². The van der Waals surface area contributed by atoms with E-state index in [1.807, 2.05) is 5.32 Å². The molecule has 126 valence electrons. The van der Waals surface area contributed by atoms with Crippen LogP contribution in [-0.2, 0) is 6.18 Å². The monoisotopic (exact) mass is 341 g/mol. The van der Waals surface area contributed by atoms with E-state index < -0.39 is 35.1 Å². The number of halogens is 4. The molecule has 0 fully saturated rings. The second kappa shape index (κ2) is 6.65. The van der Waals surface area contributed by atoms with Gasteiger partial charge in [0.15, 0.2) is 0 Å². The van der Waals surface area contributed by atoms with Crippen molar-refractivity contribution in [2.24, 2.45) is 0 Å². The smallest absolute Gasteiger partial charge is 0.306 e. The molecule has 1 heterocycles. The Hall–Kier alpha value is -2.97. The van der Waals surface area contributed by atoms with E-state index in [2.05, 4.69) is 10.3 Å². The average Bonchev–Trinajstić information content (AvgIpc) is 2.48. The second-order valence-electron chi connectivity index (χ2n) is 4.74. The van der Waals surface area contributed by atoms with Gasteiger partial charge in [-0.1, -0.05) is 0 Å². The number of urea groups is 1. The highest BCUT2D eigenvalue weighted by molar-refractivity contribution is 6.08. The summed E-state index contributed by atoms with van der Waals surface area (Å²) in [6, 6.07) is 3.54. The van der Waals surface area contributed by atoms with Gasteiger partial charge in [0.1, 0.15) is 5.82 Å². The molecule has 1 aromatic heterocycles. The quantitative estimate of drug-likeness (QED) is 0.821. The first-order valence-corrected chi connectivity index (χ1v) is 6.59. The van der Waals surface area contributed by atoms with Crippen LogP contribution in [0, 0.1) is 12.7 Å². The summed E-state index contributed by atoms with van der Waals surface area (Å²) in [6.45, 7) is 1.62. The molecule has 2 rings (SSSR count). The summed E-state index contributed by atoms with van der Waals surface area (Å²) < 4.78 is 51.0. The van der Waals surface area contributed by atoms with Gasteiger partial charge in [-0.2, -0.15) is 13.2 Å². The summed E-state index contributed by atoms with van der Waals surface area (Å²) >= 11 is 0. The number of hydrogen-bond donors (Lipinski definition) is 2. The second-order valence-corrected chi connectivity index (χ2v) is 4.74. The van der Waals surface area contributed by atoms with Crippen molar-refractivity contribution in [3.05, 3.63) is 59.2 Å². The number of rotatable bonds is 2. The summed E-state index contributed by atoms with van der Waals surface area (Å²) in [5.41, 5.74) is -1.09. The maximum absolute atomic E-state index is 13.7. The summed E-state index contributed by atoms with van der Waals surface area (Å²) in [6.07, 6.45) is -3.23. The first kappa shape index (κ1) is 17.4. The van der Waals surface area contributed by atoms with Crippen molar-refractivity contribution >= 4 is 17.6 Å². The lowest BCUT2D eigenvalue weighted by molar-refractivity contribution is -0.137. The number of anilines is 1. The van der Waals surface area contributed by atoms with Crippen molar-refractivity contribution in [3.8, 4) is 0 Å². The molecule has 24 heavy (non-hydrogen) atoms. The number of benzene rings is 1. The minimum atomic E-state index is -4.73. The fourth-order valence-electron chi connectivity index (χ4n) is 1.82. The number of carbonyl (C=O) groups is 2. The molecule has 0 spiro atoms. The van der Waals surface area contributed by atoms with Gasteiger partial charge in [0.05, 0.1) is 22.5 Å². The molecule has 0 aliphatic carbocycles. The Morgan fingerprint density at radius 3 is 2.46 bits per heavy atom. The van der Waals surface area contributed by atoms with Gasteiger partial charge in [0.25, 0.3) is 5.91 Å². The van der Waals surface area contributed by atoms with Crippen molar-refractivity contribution in [3.63, 3.8) is 0 Å². The molecule has 2 N–H and O–H groups in total. The van der Waals surface area contributed by atoms with Crippen LogP contribution >= 0.6 is 0 Å². The topological polar surface area (TPSA) is 71.1 Å². The molecule has 0 saturated carbocycles. The molecule has 2 aromatic rings. The van der Waals surface area contributed by atoms with Gasteiger partial charge in [-0.25, -0.2) is 9.18 Å². The zero-order valence-electron chi connectivity index (χ0n) is 12.2. The number of nitrogens with one attached hydrogen (secondary N) is 2.